The molecule has 0 radical (unpaired) electrons. The first-order valence-electron chi connectivity index (χ1n) is 8.46. The van der Waals surface area contributed by atoms with E-state index in [1.165, 1.54) is 24.3 Å². The van der Waals surface area contributed by atoms with E-state index in [9.17, 15) is 19.7 Å². The summed E-state index contributed by atoms with van der Waals surface area (Å²) in [7, 11) is 0. The quantitative estimate of drug-likeness (QED) is 0.221. The first kappa shape index (κ1) is 17.4. The van der Waals surface area contributed by atoms with E-state index in [0.29, 0.717) is 16.2 Å². The Morgan fingerprint density at radius 1 is 0.679 bits per heavy atom. The van der Waals surface area contributed by atoms with Crippen LogP contribution in [0.3, 0.4) is 0 Å². The van der Waals surface area contributed by atoms with Crippen molar-refractivity contribution in [3.8, 4) is 0 Å². The molecule has 0 fully saturated rings. The summed E-state index contributed by atoms with van der Waals surface area (Å²) in [5, 5.41) is 13.4. The molecule has 0 unspecified atom stereocenters. The Morgan fingerprint density at radius 2 is 1.21 bits per heavy atom. The van der Waals surface area contributed by atoms with Gasteiger partial charge in [-0.2, -0.15) is 0 Å². The van der Waals surface area contributed by atoms with Gasteiger partial charge in [0.15, 0.2) is 0 Å². The van der Waals surface area contributed by atoms with E-state index in [4.69, 9.17) is 4.74 Å². The average Bonchev–Trinajstić information content (AvgIpc) is 2.72. The molecule has 0 amide bonds. The molecule has 0 bridgehead atoms. The summed E-state index contributed by atoms with van der Waals surface area (Å²) in [5.74, 6) is -1.63. The Bertz CT molecular complexity index is 1260. The van der Waals surface area contributed by atoms with E-state index in [0.717, 1.165) is 5.39 Å². The number of ether oxygens (including phenoxy) is 1. The monoisotopic (exact) mass is 371 g/mol. The highest BCUT2D eigenvalue weighted by Gasteiger charge is 2.21. The number of nitro groups is 1. The number of carbonyl (C=O) groups excluding carboxylic acids is 2. The van der Waals surface area contributed by atoms with Crippen molar-refractivity contribution < 1.29 is 19.2 Å². The predicted octanol–water partition coefficient (Wildman–Crippen LogP) is 4.90. The standard InChI is InChI=1S/C22H13NO5/c24-21(18-11-3-7-14-6-1-2-8-15(14)18)28-22(25)19-12-4-10-17-16(19)9-5-13-20(17)23(26)27/h1-13H. The molecule has 4 rings (SSSR count). The molecule has 0 heterocycles. The molecule has 0 spiro atoms. The summed E-state index contributed by atoms with van der Waals surface area (Å²) >= 11 is 0. The lowest BCUT2D eigenvalue weighted by Crippen LogP contribution is -2.13. The molecule has 4 aromatic carbocycles. The van der Waals surface area contributed by atoms with Crippen LogP contribution in [0.2, 0.25) is 0 Å². The van der Waals surface area contributed by atoms with E-state index < -0.39 is 16.9 Å². The van der Waals surface area contributed by atoms with Gasteiger partial charge in [-0.3, -0.25) is 10.1 Å². The van der Waals surface area contributed by atoms with Crippen LogP contribution in [0.4, 0.5) is 5.69 Å². The molecule has 28 heavy (non-hydrogen) atoms. The number of rotatable bonds is 3. The Balaban J connectivity index is 1.72. The van der Waals surface area contributed by atoms with Crippen molar-refractivity contribution in [2.75, 3.05) is 0 Å². The summed E-state index contributed by atoms with van der Waals surface area (Å²) in [4.78, 5) is 36.0. The molecule has 6 heteroatoms. The highest BCUT2D eigenvalue weighted by atomic mass is 16.6. The second-order valence-electron chi connectivity index (χ2n) is 6.14. The molecule has 0 atom stereocenters. The molecule has 0 aliphatic heterocycles. The Labute approximate surface area is 159 Å². The zero-order valence-corrected chi connectivity index (χ0v) is 14.5. The normalized spacial score (nSPS) is 10.7. The molecule has 6 nitrogen and oxygen atoms in total. The lowest BCUT2D eigenvalue weighted by Gasteiger charge is -2.08. The van der Waals surface area contributed by atoms with Gasteiger partial charge in [-0.15, -0.1) is 0 Å². The van der Waals surface area contributed by atoms with Gasteiger partial charge >= 0.3 is 11.9 Å². The Hall–Kier alpha value is -4.06. The van der Waals surface area contributed by atoms with Crippen LogP contribution in [0.1, 0.15) is 20.7 Å². The fourth-order valence-electron chi connectivity index (χ4n) is 3.23. The minimum Gasteiger partial charge on any atom is -0.386 e. The van der Waals surface area contributed by atoms with Crippen molar-refractivity contribution in [2.24, 2.45) is 0 Å². The SMILES string of the molecule is O=C(OC(=O)c1cccc2c([N+](=O)[O-])cccc12)c1cccc2ccccc12. The zero-order valence-electron chi connectivity index (χ0n) is 14.5. The minimum absolute atomic E-state index is 0.0924. The number of nitrogens with zero attached hydrogens (tertiary/aromatic N) is 1. The van der Waals surface area contributed by atoms with E-state index >= 15 is 0 Å². The number of hydrogen-bond donors (Lipinski definition) is 0. The number of non-ortho nitro benzene ring substituents is 1. The maximum absolute atomic E-state index is 12.6. The van der Waals surface area contributed by atoms with E-state index in [-0.39, 0.29) is 16.8 Å². The second kappa shape index (κ2) is 6.92. The average molecular weight is 371 g/mol. The third-order valence-corrected chi connectivity index (χ3v) is 4.51. The third-order valence-electron chi connectivity index (χ3n) is 4.51. The highest BCUT2D eigenvalue weighted by Crippen LogP contribution is 2.28. The molecular formula is C22H13NO5. The van der Waals surface area contributed by atoms with Gasteiger partial charge < -0.3 is 4.74 Å². The van der Waals surface area contributed by atoms with Crippen LogP contribution in [0, 0.1) is 10.1 Å². The Kier molecular flexibility index (Phi) is 4.29. The van der Waals surface area contributed by atoms with Crippen LogP contribution < -0.4 is 0 Å². The van der Waals surface area contributed by atoms with Crippen molar-refractivity contribution in [2.45, 2.75) is 0 Å². The van der Waals surface area contributed by atoms with Crippen molar-refractivity contribution >= 4 is 39.2 Å². The first-order valence-corrected chi connectivity index (χ1v) is 8.46. The highest BCUT2D eigenvalue weighted by molar-refractivity contribution is 6.13. The maximum atomic E-state index is 12.6. The van der Waals surface area contributed by atoms with Crippen molar-refractivity contribution in [1.29, 1.82) is 0 Å². The van der Waals surface area contributed by atoms with Crippen LogP contribution in [-0.2, 0) is 4.74 Å². The molecule has 136 valence electrons. The number of carbonyl (C=O) groups is 2. The van der Waals surface area contributed by atoms with Crippen LogP contribution in [-0.4, -0.2) is 16.9 Å². The summed E-state index contributed by atoms with van der Waals surface area (Å²) in [6.07, 6.45) is 0. The lowest BCUT2D eigenvalue weighted by atomic mass is 10.0. The largest absolute Gasteiger partial charge is 0.386 e. The summed E-state index contributed by atoms with van der Waals surface area (Å²) in [6.45, 7) is 0. The topological polar surface area (TPSA) is 86.5 Å². The third kappa shape index (κ3) is 2.97. The number of esters is 2. The van der Waals surface area contributed by atoms with Crippen molar-refractivity contribution in [1.82, 2.24) is 0 Å². The minimum atomic E-state index is -0.857. The van der Waals surface area contributed by atoms with Crippen LogP contribution in [0.5, 0.6) is 0 Å². The second-order valence-corrected chi connectivity index (χ2v) is 6.14. The molecule has 0 aliphatic rings. The fraction of sp³-hybridized carbons (Fsp3) is 0. The predicted molar refractivity (Wildman–Crippen MR) is 104 cm³/mol. The van der Waals surface area contributed by atoms with Crippen molar-refractivity contribution in [3.63, 3.8) is 0 Å². The number of nitro benzene ring substituents is 1. The van der Waals surface area contributed by atoms with Gasteiger partial charge in [0.05, 0.1) is 21.4 Å². The lowest BCUT2D eigenvalue weighted by molar-refractivity contribution is -0.383. The van der Waals surface area contributed by atoms with Crippen LogP contribution in [0.25, 0.3) is 21.5 Å². The molecule has 0 saturated heterocycles. The molecule has 0 N–H and O–H groups in total. The van der Waals surface area contributed by atoms with Gasteiger partial charge in [0, 0.05) is 11.5 Å². The summed E-state index contributed by atoms with van der Waals surface area (Å²) in [6, 6.07) is 21.4. The molecule has 0 saturated carbocycles. The van der Waals surface area contributed by atoms with Gasteiger partial charge in [0.25, 0.3) is 5.69 Å². The maximum Gasteiger partial charge on any atom is 0.346 e. The fourth-order valence-corrected chi connectivity index (χ4v) is 3.23. The van der Waals surface area contributed by atoms with Gasteiger partial charge in [-0.05, 0) is 29.0 Å². The van der Waals surface area contributed by atoms with Gasteiger partial charge in [-0.1, -0.05) is 54.6 Å². The van der Waals surface area contributed by atoms with Gasteiger partial charge in [0.1, 0.15) is 0 Å². The smallest absolute Gasteiger partial charge is 0.346 e. The van der Waals surface area contributed by atoms with E-state index in [1.807, 2.05) is 18.2 Å². The van der Waals surface area contributed by atoms with Gasteiger partial charge in [-0.25, -0.2) is 9.59 Å². The summed E-state index contributed by atoms with van der Waals surface area (Å²) in [5.41, 5.74) is 0.250. The summed E-state index contributed by atoms with van der Waals surface area (Å²) < 4.78 is 5.09. The number of fused-ring (bicyclic) bond motifs is 2. The Morgan fingerprint density at radius 3 is 1.96 bits per heavy atom. The number of benzene rings is 4. The van der Waals surface area contributed by atoms with Crippen LogP contribution in [0.15, 0.2) is 78.9 Å². The molecule has 0 aliphatic carbocycles. The molecular weight excluding hydrogens is 358 g/mol. The zero-order chi connectivity index (χ0) is 19.7. The van der Waals surface area contributed by atoms with E-state index in [1.54, 1.807) is 36.4 Å². The molecule has 4 aromatic rings. The first-order chi connectivity index (χ1) is 13.6. The van der Waals surface area contributed by atoms with Gasteiger partial charge in [0.2, 0.25) is 0 Å². The van der Waals surface area contributed by atoms with Crippen LogP contribution >= 0.6 is 0 Å². The van der Waals surface area contributed by atoms with E-state index in [2.05, 4.69) is 0 Å². The number of hydrogen-bond acceptors (Lipinski definition) is 5. The molecule has 0 aromatic heterocycles. The van der Waals surface area contributed by atoms with Crippen molar-refractivity contribution in [3.05, 3.63) is 100 Å².